The van der Waals surface area contributed by atoms with Crippen molar-refractivity contribution in [2.75, 3.05) is 0 Å². The van der Waals surface area contributed by atoms with Gasteiger partial charge in [0.15, 0.2) is 11.6 Å². The molecular weight excluding hydrogens is 486 g/mol. The van der Waals surface area contributed by atoms with Gasteiger partial charge in [0.25, 0.3) is 0 Å². The Morgan fingerprint density at radius 3 is 1.62 bits per heavy atom. The van der Waals surface area contributed by atoms with Crippen LogP contribution >= 0.6 is 15.9 Å². The topological polar surface area (TPSA) is 56.5 Å². The smallest absolute Gasteiger partial charge is 0.240 e. The summed E-state index contributed by atoms with van der Waals surface area (Å²) >= 11 is 3.57. The summed E-state index contributed by atoms with van der Waals surface area (Å²) in [5, 5.41) is 0. The van der Waals surface area contributed by atoms with Crippen LogP contribution in [0.25, 0.3) is 51.1 Å². The first kappa shape index (κ1) is 20.4. The highest BCUT2D eigenvalue weighted by atomic mass is 79.9. The fraction of sp³-hybridized carbons (Fsp3) is 0. The van der Waals surface area contributed by atoms with Crippen molar-refractivity contribution in [3.05, 3.63) is 114 Å². The molecule has 0 amide bonds. The molecule has 5 nitrogen and oxygen atoms in total. The second kappa shape index (κ2) is 8.65. The van der Waals surface area contributed by atoms with Crippen LogP contribution in [0.2, 0.25) is 0 Å². The van der Waals surface area contributed by atoms with Crippen LogP contribution in [-0.2, 0) is 0 Å². The van der Waals surface area contributed by atoms with Gasteiger partial charge in [-0.3, -0.25) is 4.57 Å². The zero-order valence-corrected chi connectivity index (χ0v) is 19.6. The Labute approximate surface area is 205 Å². The fourth-order valence-electron chi connectivity index (χ4n) is 3.93. The van der Waals surface area contributed by atoms with Gasteiger partial charge in [-0.2, -0.15) is 9.97 Å². The summed E-state index contributed by atoms with van der Waals surface area (Å²) in [5.74, 6) is 2.53. The maximum atomic E-state index is 4.96. The Morgan fingerprint density at radius 1 is 0.529 bits per heavy atom. The van der Waals surface area contributed by atoms with Gasteiger partial charge in [0.05, 0.1) is 11.0 Å². The van der Waals surface area contributed by atoms with Crippen LogP contribution in [0.4, 0.5) is 0 Å². The SMILES string of the molecule is Brc1ccc2c(c1)nc(-c1ccccc1)n2-c1nc(-c2ccccc2)nc(-c2ccccc2)n1. The van der Waals surface area contributed by atoms with Gasteiger partial charge < -0.3 is 0 Å². The zero-order valence-electron chi connectivity index (χ0n) is 18.0. The van der Waals surface area contributed by atoms with Crippen molar-refractivity contribution in [1.82, 2.24) is 24.5 Å². The number of hydrogen-bond acceptors (Lipinski definition) is 4. The number of nitrogens with zero attached hydrogens (tertiary/aromatic N) is 5. The first-order chi connectivity index (χ1) is 16.8. The molecule has 0 fully saturated rings. The van der Waals surface area contributed by atoms with E-state index < -0.39 is 0 Å². The van der Waals surface area contributed by atoms with Crippen molar-refractivity contribution in [3.63, 3.8) is 0 Å². The Kier molecular flexibility index (Phi) is 5.20. The van der Waals surface area contributed by atoms with E-state index in [1.807, 2.05) is 114 Å². The summed E-state index contributed by atoms with van der Waals surface area (Å²) < 4.78 is 2.98. The second-order valence-electron chi connectivity index (χ2n) is 7.78. The van der Waals surface area contributed by atoms with Crippen LogP contribution in [0.5, 0.6) is 0 Å². The molecule has 34 heavy (non-hydrogen) atoms. The van der Waals surface area contributed by atoms with Crippen molar-refractivity contribution < 1.29 is 0 Å². The van der Waals surface area contributed by atoms with Gasteiger partial charge in [0, 0.05) is 21.2 Å². The van der Waals surface area contributed by atoms with Crippen LogP contribution in [0.1, 0.15) is 0 Å². The van der Waals surface area contributed by atoms with Gasteiger partial charge in [-0.05, 0) is 18.2 Å². The maximum absolute atomic E-state index is 4.96. The Hall–Kier alpha value is -4.16. The molecule has 2 heterocycles. The van der Waals surface area contributed by atoms with Crippen molar-refractivity contribution in [1.29, 1.82) is 0 Å². The van der Waals surface area contributed by atoms with Crippen LogP contribution in [0.15, 0.2) is 114 Å². The highest BCUT2D eigenvalue weighted by molar-refractivity contribution is 9.10. The summed E-state index contributed by atoms with van der Waals surface area (Å²) in [6.45, 7) is 0. The molecular formula is C28H18BrN5. The van der Waals surface area contributed by atoms with E-state index in [1.54, 1.807) is 0 Å². The third kappa shape index (κ3) is 3.78. The molecule has 0 saturated carbocycles. The monoisotopic (exact) mass is 503 g/mol. The van der Waals surface area contributed by atoms with Gasteiger partial charge in [-0.25, -0.2) is 9.97 Å². The van der Waals surface area contributed by atoms with Crippen molar-refractivity contribution >= 4 is 27.0 Å². The molecule has 0 radical (unpaired) electrons. The van der Waals surface area contributed by atoms with Crippen LogP contribution < -0.4 is 0 Å². The fourth-order valence-corrected chi connectivity index (χ4v) is 4.28. The molecule has 6 heteroatoms. The highest BCUT2D eigenvalue weighted by Crippen LogP contribution is 2.30. The number of aromatic nitrogens is 5. The van der Waals surface area contributed by atoms with E-state index in [0.29, 0.717) is 17.6 Å². The average molecular weight is 504 g/mol. The number of halogens is 1. The van der Waals surface area contributed by atoms with Crippen molar-refractivity contribution in [2.45, 2.75) is 0 Å². The minimum absolute atomic E-state index is 0.524. The van der Waals surface area contributed by atoms with Gasteiger partial charge >= 0.3 is 0 Å². The first-order valence-corrected chi connectivity index (χ1v) is 11.7. The molecule has 0 aliphatic heterocycles. The van der Waals surface area contributed by atoms with E-state index in [9.17, 15) is 0 Å². The predicted octanol–water partition coefficient (Wildman–Crippen LogP) is 6.97. The Bertz CT molecular complexity index is 1540. The minimum atomic E-state index is 0.524. The summed E-state index contributed by atoms with van der Waals surface area (Å²) in [6, 6.07) is 36.1. The molecule has 2 aromatic heterocycles. The van der Waals surface area contributed by atoms with E-state index >= 15 is 0 Å². The van der Waals surface area contributed by atoms with Gasteiger partial charge in [-0.1, -0.05) is 107 Å². The number of hydrogen-bond donors (Lipinski definition) is 0. The third-order valence-corrected chi connectivity index (χ3v) is 6.03. The van der Waals surface area contributed by atoms with Gasteiger partial charge in [0.1, 0.15) is 5.82 Å². The molecule has 0 bridgehead atoms. The summed E-state index contributed by atoms with van der Waals surface area (Å²) in [4.78, 5) is 19.6. The van der Waals surface area contributed by atoms with E-state index in [1.165, 1.54) is 0 Å². The molecule has 0 aliphatic rings. The Balaban J connectivity index is 1.67. The Morgan fingerprint density at radius 2 is 1.06 bits per heavy atom. The average Bonchev–Trinajstić information content (AvgIpc) is 3.28. The number of benzene rings is 4. The lowest BCUT2D eigenvalue weighted by molar-refractivity contribution is 0.929. The van der Waals surface area contributed by atoms with Gasteiger partial charge in [-0.15, -0.1) is 0 Å². The lowest BCUT2D eigenvalue weighted by Crippen LogP contribution is -2.07. The summed E-state index contributed by atoms with van der Waals surface area (Å²) in [5.41, 5.74) is 4.62. The van der Waals surface area contributed by atoms with Gasteiger partial charge in [0.2, 0.25) is 5.95 Å². The largest absolute Gasteiger partial charge is 0.260 e. The molecule has 0 spiro atoms. The lowest BCUT2D eigenvalue weighted by Gasteiger charge is -2.11. The lowest BCUT2D eigenvalue weighted by atomic mass is 10.2. The number of imidazole rings is 1. The second-order valence-corrected chi connectivity index (χ2v) is 8.70. The molecule has 0 atom stereocenters. The third-order valence-electron chi connectivity index (χ3n) is 5.54. The quantitative estimate of drug-likeness (QED) is 0.260. The maximum Gasteiger partial charge on any atom is 0.240 e. The molecule has 6 rings (SSSR count). The van der Waals surface area contributed by atoms with E-state index in [4.69, 9.17) is 19.9 Å². The molecule has 0 unspecified atom stereocenters. The highest BCUT2D eigenvalue weighted by Gasteiger charge is 2.19. The zero-order chi connectivity index (χ0) is 22.9. The molecule has 4 aromatic carbocycles. The summed E-state index contributed by atoms with van der Waals surface area (Å²) in [6.07, 6.45) is 0. The standard InChI is InChI=1S/C28H18BrN5/c29-22-16-17-24-23(18-22)30-27(21-14-8-3-9-15-21)34(24)28-32-25(19-10-4-1-5-11-19)31-26(33-28)20-12-6-2-7-13-20/h1-18H. The van der Waals surface area contributed by atoms with E-state index in [0.717, 1.165) is 38.0 Å². The summed E-state index contributed by atoms with van der Waals surface area (Å²) in [7, 11) is 0. The van der Waals surface area contributed by atoms with Crippen LogP contribution in [-0.4, -0.2) is 24.5 Å². The predicted molar refractivity (Wildman–Crippen MR) is 138 cm³/mol. The number of fused-ring (bicyclic) bond motifs is 1. The molecule has 6 aromatic rings. The normalized spacial score (nSPS) is 11.1. The van der Waals surface area contributed by atoms with Crippen molar-refractivity contribution in [3.8, 4) is 40.1 Å². The van der Waals surface area contributed by atoms with E-state index in [2.05, 4.69) is 15.9 Å². The molecule has 0 N–H and O–H groups in total. The molecule has 0 saturated heterocycles. The first-order valence-electron chi connectivity index (χ1n) is 10.9. The van der Waals surface area contributed by atoms with Crippen LogP contribution in [0.3, 0.4) is 0 Å². The minimum Gasteiger partial charge on any atom is -0.260 e. The number of rotatable bonds is 4. The van der Waals surface area contributed by atoms with Crippen molar-refractivity contribution in [2.24, 2.45) is 0 Å². The van der Waals surface area contributed by atoms with Crippen LogP contribution in [0, 0.1) is 0 Å². The molecule has 162 valence electrons. The molecule has 0 aliphatic carbocycles. The van der Waals surface area contributed by atoms with E-state index in [-0.39, 0.29) is 0 Å².